The summed E-state index contributed by atoms with van der Waals surface area (Å²) in [6.45, 7) is 2.30. The topological polar surface area (TPSA) is 88.2 Å². The molecule has 0 radical (unpaired) electrons. The number of amides is 2. The minimum absolute atomic E-state index is 0.142. The Kier molecular flexibility index (Phi) is 7.24. The molecule has 2 aliphatic rings. The summed E-state index contributed by atoms with van der Waals surface area (Å²) in [5, 5.41) is 3.23. The van der Waals surface area contributed by atoms with Gasteiger partial charge in [0, 0.05) is 26.2 Å². The van der Waals surface area contributed by atoms with Gasteiger partial charge < -0.3 is 24.6 Å². The molecule has 3 atom stereocenters. The summed E-state index contributed by atoms with van der Waals surface area (Å²) < 4.78 is 10.8. The van der Waals surface area contributed by atoms with Crippen molar-refractivity contribution in [3.63, 3.8) is 0 Å². The maximum absolute atomic E-state index is 13.5. The van der Waals surface area contributed by atoms with Crippen molar-refractivity contribution in [1.29, 1.82) is 0 Å². The number of esters is 1. The maximum Gasteiger partial charge on any atom is 0.311 e. The summed E-state index contributed by atoms with van der Waals surface area (Å²) in [7, 11) is 1.33. The lowest BCUT2D eigenvalue weighted by Crippen LogP contribution is -2.54. The number of likely N-dealkylation sites (tertiary alicyclic amines) is 1. The molecular formula is C25H29N3O5. The molecule has 2 saturated heterocycles. The Labute approximate surface area is 193 Å². The van der Waals surface area contributed by atoms with E-state index < -0.39 is 24.0 Å². The zero-order valence-electron chi connectivity index (χ0n) is 18.7. The van der Waals surface area contributed by atoms with Gasteiger partial charge in [-0.25, -0.2) is 0 Å². The quantitative estimate of drug-likeness (QED) is 0.672. The van der Waals surface area contributed by atoms with Crippen molar-refractivity contribution >= 4 is 17.8 Å². The molecule has 0 aliphatic carbocycles. The number of methoxy groups -OCH3 is 1. The number of para-hydroxylation sites is 1. The number of hydrogen-bond acceptors (Lipinski definition) is 6. The lowest BCUT2D eigenvalue weighted by molar-refractivity contribution is -0.149. The number of benzene rings is 2. The van der Waals surface area contributed by atoms with Crippen molar-refractivity contribution in [2.75, 3.05) is 39.9 Å². The molecule has 0 saturated carbocycles. The minimum Gasteiger partial charge on any atom is -0.484 e. The standard InChI is InChI=1S/C25H29N3O5/c1-32-25(31)20-16-21(24(30)27-14-12-26-13-15-27)28(23(20)18-8-4-2-5-9-18)22(29)17-33-19-10-6-3-7-11-19/h2-11,20-21,23,26H,12-17H2,1H3. The molecule has 33 heavy (non-hydrogen) atoms. The Balaban J connectivity index is 1.66. The normalized spacial score (nSPS) is 22.6. The maximum atomic E-state index is 13.5. The van der Waals surface area contributed by atoms with Crippen LogP contribution in [0.2, 0.25) is 0 Å². The Hall–Kier alpha value is -3.39. The first-order valence-corrected chi connectivity index (χ1v) is 11.2. The molecule has 8 nitrogen and oxygen atoms in total. The van der Waals surface area contributed by atoms with E-state index in [9.17, 15) is 14.4 Å². The second kappa shape index (κ2) is 10.5. The molecule has 2 amide bonds. The van der Waals surface area contributed by atoms with E-state index in [1.807, 2.05) is 48.5 Å². The van der Waals surface area contributed by atoms with E-state index in [2.05, 4.69) is 5.32 Å². The van der Waals surface area contributed by atoms with Crippen molar-refractivity contribution in [1.82, 2.24) is 15.1 Å². The molecule has 4 rings (SSSR count). The van der Waals surface area contributed by atoms with Gasteiger partial charge in [0.2, 0.25) is 5.91 Å². The highest BCUT2D eigenvalue weighted by molar-refractivity contribution is 5.91. The number of piperazine rings is 1. The molecule has 1 N–H and O–H groups in total. The molecule has 8 heteroatoms. The molecule has 0 aromatic heterocycles. The highest BCUT2D eigenvalue weighted by atomic mass is 16.5. The van der Waals surface area contributed by atoms with Gasteiger partial charge in [-0.3, -0.25) is 14.4 Å². The van der Waals surface area contributed by atoms with Crippen molar-refractivity contribution in [2.24, 2.45) is 5.92 Å². The van der Waals surface area contributed by atoms with E-state index in [1.165, 1.54) is 7.11 Å². The van der Waals surface area contributed by atoms with Gasteiger partial charge in [-0.2, -0.15) is 0 Å². The fourth-order valence-corrected chi connectivity index (χ4v) is 4.67. The molecule has 0 spiro atoms. The van der Waals surface area contributed by atoms with Crippen molar-refractivity contribution in [3.05, 3.63) is 66.2 Å². The lowest BCUT2D eigenvalue weighted by atomic mass is 9.93. The predicted molar refractivity (Wildman–Crippen MR) is 121 cm³/mol. The number of ether oxygens (including phenoxy) is 2. The van der Waals surface area contributed by atoms with Gasteiger partial charge in [-0.1, -0.05) is 48.5 Å². The van der Waals surface area contributed by atoms with Crippen molar-refractivity contribution in [3.8, 4) is 5.75 Å². The van der Waals surface area contributed by atoms with Crippen LogP contribution in [0.5, 0.6) is 5.75 Å². The molecule has 2 heterocycles. The summed E-state index contributed by atoms with van der Waals surface area (Å²) in [6, 6.07) is 17.0. The first kappa shape index (κ1) is 22.8. The van der Waals surface area contributed by atoms with E-state index in [4.69, 9.17) is 9.47 Å². The number of rotatable bonds is 6. The minimum atomic E-state index is -0.760. The summed E-state index contributed by atoms with van der Waals surface area (Å²) in [4.78, 5) is 43.1. The molecule has 2 aromatic carbocycles. The van der Waals surface area contributed by atoms with Crippen LogP contribution in [0, 0.1) is 5.92 Å². The largest absolute Gasteiger partial charge is 0.484 e. The van der Waals surface area contributed by atoms with Gasteiger partial charge in [-0.05, 0) is 24.1 Å². The average molecular weight is 452 g/mol. The number of carbonyl (C=O) groups is 3. The molecular weight excluding hydrogens is 422 g/mol. The lowest BCUT2D eigenvalue weighted by Gasteiger charge is -2.35. The van der Waals surface area contributed by atoms with Crippen LogP contribution in [0.4, 0.5) is 0 Å². The third-order valence-corrected chi connectivity index (χ3v) is 6.25. The number of carbonyl (C=O) groups excluding carboxylic acids is 3. The van der Waals surface area contributed by atoms with Gasteiger partial charge in [-0.15, -0.1) is 0 Å². The van der Waals surface area contributed by atoms with Crippen LogP contribution in [-0.4, -0.2) is 73.5 Å². The number of hydrogen-bond donors (Lipinski definition) is 1. The van der Waals surface area contributed by atoms with Crippen LogP contribution in [-0.2, 0) is 19.1 Å². The summed E-state index contributed by atoms with van der Waals surface area (Å²) in [5.41, 5.74) is 0.788. The second-order valence-electron chi connectivity index (χ2n) is 8.21. The second-order valence-corrected chi connectivity index (χ2v) is 8.21. The van der Waals surface area contributed by atoms with E-state index in [1.54, 1.807) is 21.9 Å². The zero-order chi connectivity index (χ0) is 23.2. The SMILES string of the molecule is COC(=O)C1CC(C(=O)N2CCNCC2)N(C(=O)COc2ccccc2)C1c1ccccc1. The van der Waals surface area contributed by atoms with Crippen molar-refractivity contribution < 1.29 is 23.9 Å². The van der Waals surface area contributed by atoms with Gasteiger partial charge in [0.15, 0.2) is 6.61 Å². The van der Waals surface area contributed by atoms with E-state index in [-0.39, 0.29) is 24.8 Å². The third kappa shape index (κ3) is 5.01. The van der Waals surface area contributed by atoms with Gasteiger partial charge in [0.05, 0.1) is 19.1 Å². The van der Waals surface area contributed by atoms with Crippen LogP contribution < -0.4 is 10.1 Å². The van der Waals surface area contributed by atoms with Gasteiger partial charge >= 0.3 is 5.97 Å². The predicted octanol–water partition coefficient (Wildman–Crippen LogP) is 1.63. The average Bonchev–Trinajstić information content (AvgIpc) is 3.29. The first-order chi connectivity index (χ1) is 16.1. The summed E-state index contributed by atoms with van der Waals surface area (Å²) in [6.07, 6.45) is 0.214. The van der Waals surface area contributed by atoms with Crippen LogP contribution in [0.1, 0.15) is 18.0 Å². The smallest absolute Gasteiger partial charge is 0.311 e. The monoisotopic (exact) mass is 451 g/mol. The van der Waals surface area contributed by atoms with Gasteiger partial charge in [0.25, 0.3) is 5.91 Å². The van der Waals surface area contributed by atoms with E-state index in [0.29, 0.717) is 31.9 Å². The molecule has 174 valence electrons. The molecule has 2 aromatic rings. The van der Waals surface area contributed by atoms with Crippen LogP contribution in [0.3, 0.4) is 0 Å². The Morgan fingerprint density at radius 1 is 0.970 bits per heavy atom. The first-order valence-electron chi connectivity index (χ1n) is 11.2. The number of nitrogens with zero attached hydrogens (tertiary/aromatic N) is 2. The van der Waals surface area contributed by atoms with Gasteiger partial charge in [0.1, 0.15) is 11.8 Å². The van der Waals surface area contributed by atoms with Crippen LogP contribution in [0.25, 0.3) is 0 Å². The molecule has 0 bridgehead atoms. The fourth-order valence-electron chi connectivity index (χ4n) is 4.67. The highest BCUT2D eigenvalue weighted by Crippen LogP contribution is 2.42. The number of nitrogens with one attached hydrogen (secondary N) is 1. The Morgan fingerprint density at radius 2 is 1.61 bits per heavy atom. The van der Waals surface area contributed by atoms with E-state index in [0.717, 1.165) is 5.56 Å². The van der Waals surface area contributed by atoms with E-state index >= 15 is 0 Å². The highest BCUT2D eigenvalue weighted by Gasteiger charge is 2.51. The molecule has 3 unspecified atom stereocenters. The summed E-state index contributed by atoms with van der Waals surface area (Å²) >= 11 is 0. The third-order valence-electron chi connectivity index (χ3n) is 6.25. The summed E-state index contributed by atoms with van der Waals surface area (Å²) in [5.74, 6) is -0.989. The van der Waals surface area contributed by atoms with Crippen LogP contribution >= 0.6 is 0 Å². The van der Waals surface area contributed by atoms with Crippen LogP contribution in [0.15, 0.2) is 60.7 Å². The van der Waals surface area contributed by atoms with Crippen molar-refractivity contribution in [2.45, 2.75) is 18.5 Å². The zero-order valence-corrected chi connectivity index (χ0v) is 18.7. The molecule has 2 aliphatic heterocycles. The molecule has 2 fully saturated rings. The fraction of sp³-hybridized carbons (Fsp3) is 0.400. The Bertz CT molecular complexity index is 963. The Morgan fingerprint density at radius 3 is 2.24 bits per heavy atom.